The van der Waals surface area contributed by atoms with Crippen molar-refractivity contribution in [2.24, 2.45) is 5.92 Å². The fraction of sp³-hybridized carbons (Fsp3) is 0.455. The van der Waals surface area contributed by atoms with Crippen molar-refractivity contribution in [3.63, 3.8) is 0 Å². The maximum Gasteiger partial charge on any atom is 0.193 e. The van der Waals surface area contributed by atoms with Gasteiger partial charge in [-0.15, -0.1) is 0 Å². The summed E-state index contributed by atoms with van der Waals surface area (Å²) in [4.78, 5) is 0. The molecule has 2 rings (SSSR count). The standard InChI is InChI=1S/C11H11Cl3/c12-11(13,14)10-6-5-8-3-1-2-4-9(8)7-10/h1-4,10H,5-7H2. The molecule has 0 radical (unpaired) electrons. The van der Waals surface area contributed by atoms with Gasteiger partial charge in [0.05, 0.1) is 0 Å². The second-order valence-corrected chi connectivity index (χ2v) is 6.12. The SMILES string of the molecule is ClC(Cl)(Cl)C1CCc2ccccc2C1. The van der Waals surface area contributed by atoms with E-state index in [0.29, 0.717) is 0 Å². The number of halogens is 3. The molecule has 0 saturated heterocycles. The number of fused-ring (bicyclic) bond motifs is 1. The highest BCUT2D eigenvalue weighted by Gasteiger charge is 2.34. The lowest BCUT2D eigenvalue weighted by molar-refractivity contribution is 0.466. The van der Waals surface area contributed by atoms with E-state index in [0.717, 1.165) is 19.3 Å². The molecule has 0 nitrogen and oxygen atoms in total. The molecular formula is C11H11Cl3. The van der Waals surface area contributed by atoms with E-state index in [4.69, 9.17) is 34.8 Å². The van der Waals surface area contributed by atoms with E-state index in [1.54, 1.807) is 0 Å². The minimum absolute atomic E-state index is 0.155. The first-order valence-electron chi connectivity index (χ1n) is 4.71. The van der Waals surface area contributed by atoms with Crippen LogP contribution >= 0.6 is 34.8 Å². The van der Waals surface area contributed by atoms with E-state index in [9.17, 15) is 0 Å². The van der Waals surface area contributed by atoms with Crippen molar-refractivity contribution in [1.29, 1.82) is 0 Å². The Balaban J connectivity index is 2.22. The zero-order valence-electron chi connectivity index (χ0n) is 7.64. The summed E-state index contributed by atoms with van der Waals surface area (Å²) >= 11 is 17.7. The Morgan fingerprint density at radius 2 is 1.71 bits per heavy atom. The van der Waals surface area contributed by atoms with Gasteiger partial charge in [-0.2, -0.15) is 0 Å². The predicted octanol–water partition coefficient (Wildman–Crippen LogP) is 4.16. The third-order valence-electron chi connectivity index (χ3n) is 2.81. The first kappa shape index (κ1) is 10.6. The van der Waals surface area contributed by atoms with Gasteiger partial charge in [0.25, 0.3) is 0 Å². The van der Waals surface area contributed by atoms with Crippen molar-refractivity contribution >= 4 is 34.8 Å². The lowest BCUT2D eigenvalue weighted by Crippen LogP contribution is -2.26. The van der Waals surface area contributed by atoms with Gasteiger partial charge in [-0.1, -0.05) is 59.1 Å². The van der Waals surface area contributed by atoms with Crippen molar-refractivity contribution in [2.45, 2.75) is 23.1 Å². The van der Waals surface area contributed by atoms with Crippen LogP contribution in [0.1, 0.15) is 17.5 Å². The average molecular weight is 250 g/mol. The first-order valence-corrected chi connectivity index (χ1v) is 5.84. The normalized spacial score (nSPS) is 21.8. The molecule has 1 aliphatic rings. The van der Waals surface area contributed by atoms with Crippen LogP contribution in [0.2, 0.25) is 0 Å². The molecule has 1 unspecified atom stereocenters. The Morgan fingerprint density at radius 1 is 1.07 bits per heavy atom. The van der Waals surface area contributed by atoms with Crippen LogP contribution in [0.3, 0.4) is 0 Å². The average Bonchev–Trinajstić information content (AvgIpc) is 2.16. The quantitative estimate of drug-likeness (QED) is 0.606. The van der Waals surface area contributed by atoms with Crippen LogP contribution < -0.4 is 0 Å². The maximum absolute atomic E-state index is 5.91. The lowest BCUT2D eigenvalue weighted by atomic mass is 9.85. The van der Waals surface area contributed by atoms with Crippen LogP contribution in [-0.4, -0.2) is 3.79 Å². The van der Waals surface area contributed by atoms with E-state index in [1.807, 2.05) is 6.07 Å². The molecule has 14 heavy (non-hydrogen) atoms. The van der Waals surface area contributed by atoms with Gasteiger partial charge in [0.15, 0.2) is 3.79 Å². The van der Waals surface area contributed by atoms with Crippen molar-refractivity contribution in [3.05, 3.63) is 35.4 Å². The van der Waals surface area contributed by atoms with Crippen molar-refractivity contribution in [2.75, 3.05) is 0 Å². The van der Waals surface area contributed by atoms with Gasteiger partial charge in [-0.25, -0.2) is 0 Å². The monoisotopic (exact) mass is 248 g/mol. The zero-order valence-corrected chi connectivity index (χ0v) is 9.91. The largest absolute Gasteiger partial charge is 0.193 e. The summed E-state index contributed by atoms with van der Waals surface area (Å²) in [6, 6.07) is 8.38. The van der Waals surface area contributed by atoms with Crippen LogP contribution in [-0.2, 0) is 12.8 Å². The Morgan fingerprint density at radius 3 is 2.36 bits per heavy atom. The molecule has 0 aromatic heterocycles. The number of alkyl halides is 3. The van der Waals surface area contributed by atoms with E-state index >= 15 is 0 Å². The van der Waals surface area contributed by atoms with Gasteiger partial charge in [0, 0.05) is 5.92 Å². The minimum Gasteiger partial charge on any atom is -0.0834 e. The minimum atomic E-state index is -1.12. The van der Waals surface area contributed by atoms with Gasteiger partial charge in [0.1, 0.15) is 0 Å². The summed E-state index contributed by atoms with van der Waals surface area (Å²) in [6.07, 6.45) is 2.87. The maximum atomic E-state index is 5.91. The van der Waals surface area contributed by atoms with Crippen molar-refractivity contribution in [1.82, 2.24) is 0 Å². The van der Waals surface area contributed by atoms with E-state index in [1.165, 1.54) is 11.1 Å². The van der Waals surface area contributed by atoms with Gasteiger partial charge in [-0.3, -0.25) is 0 Å². The summed E-state index contributed by atoms with van der Waals surface area (Å²) in [5, 5.41) is 0. The second kappa shape index (κ2) is 3.92. The Bertz CT molecular complexity index is 328. The Labute approximate surface area is 99.2 Å². The number of hydrogen-bond acceptors (Lipinski definition) is 0. The highest BCUT2D eigenvalue weighted by Crippen LogP contribution is 2.42. The Hall–Kier alpha value is 0.0900. The summed E-state index contributed by atoms with van der Waals surface area (Å²) in [7, 11) is 0. The van der Waals surface area contributed by atoms with Gasteiger partial charge >= 0.3 is 0 Å². The summed E-state index contributed by atoms with van der Waals surface area (Å²) in [5.41, 5.74) is 2.73. The topological polar surface area (TPSA) is 0 Å². The van der Waals surface area contributed by atoms with Crippen LogP contribution in [0.4, 0.5) is 0 Å². The van der Waals surface area contributed by atoms with Gasteiger partial charge < -0.3 is 0 Å². The van der Waals surface area contributed by atoms with E-state index in [-0.39, 0.29) is 5.92 Å². The molecule has 1 aromatic carbocycles. The van der Waals surface area contributed by atoms with Crippen molar-refractivity contribution < 1.29 is 0 Å². The second-order valence-electron chi connectivity index (χ2n) is 3.75. The van der Waals surface area contributed by atoms with E-state index < -0.39 is 3.79 Å². The van der Waals surface area contributed by atoms with Crippen molar-refractivity contribution in [3.8, 4) is 0 Å². The van der Waals surface area contributed by atoms with Crippen LogP contribution in [0.5, 0.6) is 0 Å². The highest BCUT2D eigenvalue weighted by molar-refractivity contribution is 6.67. The summed E-state index contributed by atoms with van der Waals surface area (Å²) < 4.78 is -1.12. The third-order valence-corrected chi connectivity index (χ3v) is 3.74. The van der Waals surface area contributed by atoms with Crippen LogP contribution in [0, 0.1) is 5.92 Å². The zero-order chi connectivity index (χ0) is 10.2. The molecule has 1 aliphatic carbocycles. The molecule has 1 atom stereocenters. The lowest BCUT2D eigenvalue weighted by Gasteiger charge is -2.29. The molecule has 3 heteroatoms. The van der Waals surface area contributed by atoms with E-state index in [2.05, 4.69) is 18.2 Å². The number of hydrogen-bond donors (Lipinski definition) is 0. The molecule has 0 amide bonds. The molecule has 0 aliphatic heterocycles. The smallest absolute Gasteiger partial charge is 0.0834 e. The summed E-state index contributed by atoms with van der Waals surface area (Å²) in [5.74, 6) is 0.155. The number of rotatable bonds is 0. The highest BCUT2D eigenvalue weighted by atomic mass is 35.6. The molecule has 0 saturated carbocycles. The molecule has 0 bridgehead atoms. The summed E-state index contributed by atoms with van der Waals surface area (Å²) in [6.45, 7) is 0. The number of aryl methyl sites for hydroxylation is 1. The van der Waals surface area contributed by atoms with Crippen LogP contribution in [0.25, 0.3) is 0 Å². The number of benzene rings is 1. The predicted molar refractivity (Wildman–Crippen MR) is 62.2 cm³/mol. The molecule has 0 spiro atoms. The van der Waals surface area contributed by atoms with Gasteiger partial charge in [-0.05, 0) is 30.4 Å². The Kier molecular flexibility index (Phi) is 2.97. The fourth-order valence-corrected chi connectivity index (χ4v) is 2.54. The first-order chi connectivity index (χ1) is 6.57. The molecule has 0 N–H and O–H groups in total. The third kappa shape index (κ3) is 2.18. The molecular weight excluding hydrogens is 238 g/mol. The van der Waals surface area contributed by atoms with Crippen LogP contribution in [0.15, 0.2) is 24.3 Å². The molecule has 0 fully saturated rings. The molecule has 1 aromatic rings. The van der Waals surface area contributed by atoms with Gasteiger partial charge in [0.2, 0.25) is 0 Å². The molecule has 0 heterocycles. The molecule has 76 valence electrons. The fourth-order valence-electron chi connectivity index (χ4n) is 1.98.